The number of benzene rings is 2. The molecule has 0 radical (unpaired) electrons. The topological polar surface area (TPSA) is 64.8 Å². The van der Waals surface area contributed by atoms with Gasteiger partial charge in [-0.25, -0.2) is 4.98 Å². The van der Waals surface area contributed by atoms with Gasteiger partial charge in [0.2, 0.25) is 0 Å². The summed E-state index contributed by atoms with van der Waals surface area (Å²) in [5.41, 5.74) is 2.58. The minimum absolute atomic E-state index is 0.192. The standard InChI is InChI=1S/C24H24N2O4S/c1-15(2)18-8-5-9-21-22(18)25-24(31-21)26(14-17-7-6-12-30-17)23(27)16-10-11-19(28-3)20(13-16)29-4/h5-13,15H,14H2,1-4H3. The smallest absolute Gasteiger partial charge is 0.260 e. The van der Waals surface area contributed by atoms with Crippen molar-refractivity contribution in [3.8, 4) is 11.5 Å². The number of carbonyl (C=O) groups excluding carboxylic acids is 1. The maximum atomic E-state index is 13.6. The highest BCUT2D eigenvalue weighted by molar-refractivity contribution is 7.22. The summed E-state index contributed by atoms with van der Waals surface area (Å²) >= 11 is 1.50. The number of hydrogen-bond donors (Lipinski definition) is 0. The van der Waals surface area contributed by atoms with E-state index < -0.39 is 0 Å². The second kappa shape index (κ2) is 8.81. The average molecular weight is 437 g/mol. The molecule has 7 heteroatoms. The number of para-hydroxylation sites is 1. The minimum Gasteiger partial charge on any atom is -0.493 e. The van der Waals surface area contributed by atoms with Gasteiger partial charge < -0.3 is 13.9 Å². The van der Waals surface area contributed by atoms with E-state index in [-0.39, 0.29) is 12.5 Å². The van der Waals surface area contributed by atoms with Crippen LogP contribution in [0.5, 0.6) is 11.5 Å². The maximum absolute atomic E-state index is 13.6. The molecule has 160 valence electrons. The van der Waals surface area contributed by atoms with Crippen LogP contribution < -0.4 is 14.4 Å². The fraction of sp³-hybridized carbons (Fsp3) is 0.250. The summed E-state index contributed by atoms with van der Waals surface area (Å²) in [6, 6.07) is 15.0. The van der Waals surface area contributed by atoms with Gasteiger partial charge in [0, 0.05) is 5.56 Å². The molecule has 2 aromatic carbocycles. The maximum Gasteiger partial charge on any atom is 0.260 e. The van der Waals surface area contributed by atoms with E-state index in [0.29, 0.717) is 33.9 Å². The van der Waals surface area contributed by atoms with Crippen LogP contribution in [0.1, 0.15) is 41.4 Å². The van der Waals surface area contributed by atoms with Crippen molar-refractivity contribution in [3.05, 3.63) is 71.7 Å². The molecule has 2 heterocycles. The number of ether oxygens (including phenoxy) is 2. The zero-order valence-electron chi connectivity index (χ0n) is 17.9. The Hall–Kier alpha value is -3.32. The Bertz CT molecular complexity index is 1200. The van der Waals surface area contributed by atoms with Crippen molar-refractivity contribution >= 4 is 32.6 Å². The Morgan fingerprint density at radius 1 is 1.10 bits per heavy atom. The van der Waals surface area contributed by atoms with E-state index >= 15 is 0 Å². The first-order chi connectivity index (χ1) is 15.0. The molecular formula is C24H24N2O4S. The fourth-order valence-electron chi connectivity index (χ4n) is 3.45. The molecule has 1 amide bonds. The van der Waals surface area contributed by atoms with E-state index in [1.165, 1.54) is 11.3 Å². The number of carbonyl (C=O) groups is 1. The zero-order chi connectivity index (χ0) is 22.0. The number of thiazole rings is 1. The van der Waals surface area contributed by atoms with E-state index in [4.69, 9.17) is 18.9 Å². The SMILES string of the molecule is COc1ccc(C(=O)N(Cc2ccco2)c2nc3c(C(C)C)cccc3s2)cc1OC. The normalized spacial score (nSPS) is 11.1. The number of anilines is 1. The molecule has 4 aromatic rings. The average Bonchev–Trinajstić information content (AvgIpc) is 3.45. The highest BCUT2D eigenvalue weighted by atomic mass is 32.1. The zero-order valence-corrected chi connectivity index (χ0v) is 18.7. The monoisotopic (exact) mass is 436 g/mol. The Morgan fingerprint density at radius 3 is 2.58 bits per heavy atom. The van der Waals surface area contributed by atoms with Crippen molar-refractivity contribution in [2.75, 3.05) is 19.1 Å². The molecule has 4 rings (SSSR count). The third-order valence-corrected chi connectivity index (χ3v) is 6.11. The Kier molecular flexibility index (Phi) is 5.95. The van der Waals surface area contributed by atoms with Crippen molar-refractivity contribution in [1.82, 2.24) is 4.98 Å². The molecular weight excluding hydrogens is 412 g/mol. The third-order valence-electron chi connectivity index (χ3n) is 5.06. The van der Waals surface area contributed by atoms with Crippen molar-refractivity contribution in [2.24, 2.45) is 0 Å². The number of rotatable bonds is 7. The summed E-state index contributed by atoms with van der Waals surface area (Å²) in [5.74, 6) is 1.88. The molecule has 0 bridgehead atoms. The largest absolute Gasteiger partial charge is 0.493 e. The fourth-order valence-corrected chi connectivity index (χ4v) is 4.45. The van der Waals surface area contributed by atoms with Gasteiger partial charge >= 0.3 is 0 Å². The summed E-state index contributed by atoms with van der Waals surface area (Å²) in [6.07, 6.45) is 1.60. The van der Waals surface area contributed by atoms with Crippen molar-refractivity contribution in [2.45, 2.75) is 26.3 Å². The summed E-state index contributed by atoms with van der Waals surface area (Å²) in [4.78, 5) is 20.1. The lowest BCUT2D eigenvalue weighted by molar-refractivity contribution is 0.0983. The van der Waals surface area contributed by atoms with Crippen LogP contribution in [0.15, 0.2) is 59.2 Å². The molecule has 0 unspecified atom stereocenters. The first kappa shape index (κ1) is 20.9. The molecule has 0 spiro atoms. The van der Waals surface area contributed by atoms with Crippen molar-refractivity contribution in [1.29, 1.82) is 0 Å². The number of amides is 1. The summed E-state index contributed by atoms with van der Waals surface area (Å²) < 4.78 is 17.3. The minimum atomic E-state index is -0.192. The van der Waals surface area contributed by atoms with Crippen LogP contribution in [0, 0.1) is 0 Å². The van der Waals surface area contributed by atoms with Crippen LogP contribution in [0.2, 0.25) is 0 Å². The van der Waals surface area contributed by atoms with Gasteiger partial charge in [-0.3, -0.25) is 9.69 Å². The highest BCUT2D eigenvalue weighted by Gasteiger charge is 2.24. The van der Waals surface area contributed by atoms with Crippen LogP contribution in [0.25, 0.3) is 10.2 Å². The van der Waals surface area contributed by atoms with Crippen LogP contribution >= 0.6 is 11.3 Å². The molecule has 0 N–H and O–H groups in total. The van der Waals surface area contributed by atoms with Crippen LogP contribution in [-0.4, -0.2) is 25.1 Å². The highest BCUT2D eigenvalue weighted by Crippen LogP contribution is 2.35. The van der Waals surface area contributed by atoms with Crippen molar-refractivity contribution in [3.63, 3.8) is 0 Å². The molecule has 0 aliphatic rings. The number of nitrogens with zero attached hydrogens (tertiary/aromatic N) is 2. The van der Waals surface area contributed by atoms with Gasteiger partial charge in [-0.15, -0.1) is 0 Å². The van der Waals surface area contributed by atoms with Gasteiger partial charge in [0.25, 0.3) is 5.91 Å². The second-order valence-electron chi connectivity index (χ2n) is 7.39. The first-order valence-corrected chi connectivity index (χ1v) is 10.8. The van der Waals surface area contributed by atoms with E-state index in [1.807, 2.05) is 24.3 Å². The van der Waals surface area contributed by atoms with Gasteiger partial charge in [0.1, 0.15) is 5.76 Å². The molecule has 0 aliphatic heterocycles. The third kappa shape index (κ3) is 4.14. The number of methoxy groups -OCH3 is 2. The molecule has 0 fully saturated rings. The van der Waals surface area contributed by atoms with Gasteiger partial charge in [-0.1, -0.05) is 37.3 Å². The van der Waals surface area contributed by atoms with Crippen LogP contribution in [0.3, 0.4) is 0 Å². The predicted molar refractivity (Wildman–Crippen MR) is 122 cm³/mol. The summed E-state index contributed by atoms with van der Waals surface area (Å²) in [5, 5.41) is 0.624. The number of furan rings is 1. The first-order valence-electron chi connectivity index (χ1n) is 9.97. The molecule has 6 nitrogen and oxygen atoms in total. The summed E-state index contributed by atoms with van der Waals surface area (Å²) in [6.45, 7) is 4.56. The van der Waals surface area contributed by atoms with E-state index in [2.05, 4.69) is 19.9 Å². The molecule has 0 aliphatic carbocycles. The van der Waals surface area contributed by atoms with Gasteiger partial charge in [0.05, 0.1) is 37.2 Å². The molecule has 0 saturated heterocycles. The molecule has 2 aromatic heterocycles. The van der Waals surface area contributed by atoms with E-state index in [9.17, 15) is 4.79 Å². The molecule has 31 heavy (non-hydrogen) atoms. The lowest BCUT2D eigenvalue weighted by Gasteiger charge is -2.19. The van der Waals surface area contributed by atoms with E-state index in [0.717, 1.165) is 15.8 Å². The van der Waals surface area contributed by atoms with Gasteiger partial charge in [0.15, 0.2) is 16.6 Å². The number of hydrogen-bond acceptors (Lipinski definition) is 6. The Balaban J connectivity index is 1.79. The Morgan fingerprint density at radius 2 is 1.90 bits per heavy atom. The lowest BCUT2D eigenvalue weighted by atomic mass is 10.0. The quantitative estimate of drug-likeness (QED) is 0.362. The van der Waals surface area contributed by atoms with Crippen LogP contribution in [0.4, 0.5) is 5.13 Å². The lowest BCUT2D eigenvalue weighted by Crippen LogP contribution is -2.30. The number of fused-ring (bicyclic) bond motifs is 1. The second-order valence-corrected chi connectivity index (χ2v) is 8.39. The Labute approximate surface area is 185 Å². The van der Waals surface area contributed by atoms with Gasteiger partial charge in [-0.05, 0) is 47.9 Å². The molecule has 0 saturated carbocycles. The van der Waals surface area contributed by atoms with Gasteiger partial charge in [-0.2, -0.15) is 0 Å². The van der Waals surface area contributed by atoms with Crippen LogP contribution in [-0.2, 0) is 6.54 Å². The van der Waals surface area contributed by atoms with Crippen molar-refractivity contribution < 1.29 is 18.7 Å². The molecule has 0 atom stereocenters. The number of aromatic nitrogens is 1. The van der Waals surface area contributed by atoms with E-state index in [1.54, 1.807) is 43.6 Å². The summed E-state index contributed by atoms with van der Waals surface area (Å²) in [7, 11) is 3.11. The predicted octanol–water partition coefficient (Wildman–Crippen LogP) is 5.88.